The van der Waals surface area contributed by atoms with Crippen molar-refractivity contribution in [3.63, 3.8) is 0 Å². The number of amides is 1. The third-order valence-corrected chi connectivity index (χ3v) is 3.26. The van der Waals surface area contributed by atoms with Gasteiger partial charge in [-0.1, -0.05) is 13.3 Å². The van der Waals surface area contributed by atoms with Gasteiger partial charge in [0.15, 0.2) is 0 Å². The van der Waals surface area contributed by atoms with E-state index >= 15 is 0 Å². The molecule has 2 fully saturated rings. The highest BCUT2D eigenvalue weighted by Crippen LogP contribution is 2.35. The van der Waals surface area contributed by atoms with Gasteiger partial charge >= 0.3 is 6.09 Å². The number of carbonyl (C=O) groups is 2. The molecular formula is C11H17NO3. The number of fused-ring (bicyclic) bond motifs is 2. The SMILES string of the molecule is CCCCOC(=O)N1CC2CC1CC2=O. The number of likely N-dealkylation sites (tertiary alicyclic amines) is 1. The van der Waals surface area contributed by atoms with Crippen LogP contribution in [0.25, 0.3) is 0 Å². The van der Waals surface area contributed by atoms with Crippen LogP contribution < -0.4 is 0 Å². The molecule has 1 heterocycles. The number of rotatable bonds is 3. The van der Waals surface area contributed by atoms with E-state index in [-0.39, 0.29) is 18.1 Å². The number of piperidine rings is 1. The number of ether oxygens (including phenoxy) is 1. The number of hydrogen-bond acceptors (Lipinski definition) is 3. The van der Waals surface area contributed by atoms with Crippen molar-refractivity contribution >= 4 is 11.9 Å². The summed E-state index contributed by atoms with van der Waals surface area (Å²) < 4.78 is 5.13. The van der Waals surface area contributed by atoms with Crippen molar-refractivity contribution in [3.8, 4) is 0 Å². The van der Waals surface area contributed by atoms with Crippen molar-refractivity contribution < 1.29 is 14.3 Å². The maximum atomic E-state index is 11.6. The van der Waals surface area contributed by atoms with Crippen LogP contribution in [0.2, 0.25) is 0 Å². The van der Waals surface area contributed by atoms with Crippen molar-refractivity contribution in [2.45, 2.75) is 38.6 Å². The molecule has 2 bridgehead atoms. The van der Waals surface area contributed by atoms with Crippen molar-refractivity contribution in [3.05, 3.63) is 0 Å². The minimum atomic E-state index is -0.233. The first-order chi connectivity index (χ1) is 7.22. The lowest BCUT2D eigenvalue weighted by Crippen LogP contribution is -2.40. The molecule has 0 N–H and O–H groups in total. The highest BCUT2D eigenvalue weighted by Gasteiger charge is 2.46. The summed E-state index contributed by atoms with van der Waals surface area (Å²) in [6, 6.07) is 0.122. The van der Waals surface area contributed by atoms with Gasteiger partial charge in [-0.15, -0.1) is 0 Å². The van der Waals surface area contributed by atoms with E-state index in [0.717, 1.165) is 19.3 Å². The highest BCUT2D eigenvalue weighted by atomic mass is 16.6. The van der Waals surface area contributed by atoms with Gasteiger partial charge in [0.25, 0.3) is 0 Å². The second kappa shape index (κ2) is 4.21. The average Bonchev–Trinajstić information content (AvgIpc) is 2.76. The van der Waals surface area contributed by atoms with Gasteiger partial charge in [-0.25, -0.2) is 4.79 Å². The predicted molar refractivity (Wildman–Crippen MR) is 54.5 cm³/mol. The van der Waals surface area contributed by atoms with Crippen molar-refractivity contribution in [2.75, 3.05) is 13.2 Å². The molecule has 2 unspecified atom stereocenters. The summed E-state index contributed by atoms with van der Waals surface area (Å²) in [5.41, 5.74) is 0. The highest BCUT2D eigenvalue weighted by molar-refractivity contribution is 5.87. The Morgan fingerprint density at radius 1 is 1.60 bits per heavy atom. The smallest absolute Gasteiger partial charge is 0.410 e. The fourth-order valence-corrected chi connectivity index (χ4v) is 2.35. The van der Waals surface area contributed by atoms with Gasteiger partial charge in [-0.05, 0) is 12.8 Å². The number of unbranched alkanes of at least 4 members (excludes halogenated alkanes) is 1. The Hall–Kier alpha value is -1.06. The molecule has 0 radical (unpaired) electrons. The minimum absolute atomic E-state index is 0.0914. The molecular weight excluding hydrogens is 194 g/mol. The maximum absolute atomic E-state index is 11.6. The van der Waals surface area contributed by atoms with E-state index in [4.69, 9.17) is 4.74 Å². The Morgan fingerprint density at radius 2 is 2.40 bits per heavy atom. The second-order valence-corrected chi connectivity index (χ2v) is 4.38. The Balaban J connectivity index is 1.81. The molecule has 2 rings (SSSR count). The van der Waals surface area contributed by atoms with Gasteiger partial charge in [0.1, 0.15) is 5.78 Å². The molecule has 84 valence electrons. The van der Waals surface area contributed by atoms with Crippen LogP contribution in [0.3, 0.4) is 0 Å². The van der Waals surface area contributed by atoms with E-state index in [0.29, 0.717) is 25.4 Å². The number of carbonyl (C=O) groups excluding carboxylic acids is 2. The van der Waals surface area contributed by atoms with Crippen molar-refractivity contribution in [1.29, 1.82) is 0 Å². The third-order valence-electron chi connectivity index (χ3n) is 3.26. The lowest BCUT2D eigenvalue weighted by molar-refractivity contribution is -0.122. The van der Waals surface area contributed by atoms with Crippen LogP contribution in [0, 0.1) is 5.92 Å². The number of hydrogen-bond donors (Lipinski definition) is 0. The largest absolute Gasteiger partial charge is 0.449 e. The lowest BCUT2D eigenvalue weighted by atomic mass is 10.1. The first kappa shape index (κ1) is 10.5. The summed E-state index contributed by atoms with van der Waals surface area (Å²) in [5, 5.41) is 0. The molecule has 0 aromatic heterocycles. The van der Waals surface area contributed by atoms with Crippen LogP contribution in [-0.4, -0.2) is 36.0 Å². The van der Waals surface area contributed by atoms with Gasteiger partial charge in [0.05, 0.1) is 6.61 Å². The maximum Gasteiger partial charge on any atom is 0.410 e. The van der Waals surface area contributed by atoms with Gasteiger partial charge in [-0.3, -0.25) is 4.79 Å². The van der Waals surface area contributed by atoms with Crippen LogP contribution >= 0.6 is 0 Å². The summed E-state index contributed by atoms with van der Waals surface area (Å²) in [4.78, 5) is 24.6. The first-order valence-corrected chi connectivity index (χ1v) is 5.68. The van der Waals surface area contributed by atoms with E-state index in [9.17, 15) is 9.59 Å². The third kappa shape index (κ3) is 1.98. The topological polar surface area (TPSA) is 46.6 Å². The quantitative estimate of drug-likeness (QED) is 0.666. The Morgan fingerprint density at radius 3 is 2.93 bits per heavy atom. The number of Topliss-reactive ketones (excluding diaryl/α,β-unsaturated/α-hetero) is 1. The standard InChI is InChI=1S/C11H17NO3/c1-2-3-4-15-11(14)12-7-8-5-9(12)6-10(8)13/h8-9H,2-7H2,1H3. The Kier molecular flexibility index (Phi) is 2.93. The van der Waals surface area contributed by atoms with Gasteiger partial charge in [0.2, 0.25) is 0 Å². The molecule has 1 aliphatic carbocycles. The number of nitrogens with zero attached hydrogens (tertiary/aromatic N) is 1. The fraction of sp³-hybridized carbons (Fsp3) is 0.818. The van der Waals surface area contributed by atoms with E-state index in [1.54, 1.807) is 4.90 Å². The molecule has 15 heavy (non-hydrogen) atoms. The molecule has 1 aliphatic heterocycles. The van der Waals surface area contributed by atoms with Crippen molar-refractivity contribution in [2.24, 2.45) is 5.92 Å². The van der Waals surface area contributed by atoms with Gasteiger partial charge in [0, 0.05) is 24.9 Å². The molecule has 2 atom stereocenters. The molecule has 4 heteroatoms. The zero-order chi connectivity index (χ0) is 10.8. The van der Waals surface area contributed by atoms with Crippen LogP contribution in [0.5, 0.6) is 0 Å². The molecule has 0 aromatic rings. The summed E-state index contributed by atoms with van der Waals surface area (Å²) in [7, 11) is 0. The zero-order valence-electron chi connectivity index (χ0n) is 9.07. The normalized spacial score (nSPS) is 28.6. The molecule has 0 spiro atoms. The van der Waals surface area contributed by atoms with E-state index in [1.165, 1.54) is 0 Å². The summed E-state index contributed by atoms with van der Waals surface area (Å²) in [6.07, 6.45) is 3.09. The average molecular weight is 211 g/mol. The minimum Gasteiger partial charge on any atom is -0.449 e. The first-order valence-electron chi connectivity index (χ1n) is 5.68. The number of ketones is 1. The summed E-state index contributed by atoms with van der Waals surface area (Å²) in [6.45, 7) is 3.13. The van der Waals surface area contributed by atoms with Gasteiger partial charge < -0.3 is 9.64 Å². The molecule has 0 aromatic carbocycles. The zero-order valence-corrected chi connectivity index (χ0v) is 9.07. The van der Waals surface area contributed by atoms with Gasteiger partial charge in [-0.2, -0.15) is 0 Å². The van der Waals surface area contributed by atoms with Crippen LogP contribution in [0.1, 0.15) is 32.6 Å². The van der Waals surface area contributed by atoms with Crippen LogP contribution in [0.4, 0.5) is 4.79 Å². The molecule has 1 amide bonds. The summed E-state index contributed by atoms with van der Waals surface area (Å²) in [5.74, 6) is 0.409. The predicted octanol–water partition coefficient (Wildman–Crippen LogP) is 1.59. The molecule has 1 saturated heterocycles. The Bertz CT molecular complexity index is 277. The summed E-state index contributed by atoms with van der Waals surface area (Å²) >= 11 is 0. The molecule has 4 nitrogen and oxygen atoms in total. The lowest BCUT2D eigenvalue weighted by Gasteiger charge is -2.25. The van der Waals surface area contributed by atoms with Crippen LogP contribution in [-0.2, 0) is 9.53 Å². The molecule has 1 saturated carbocycles. The van der Waals surface area contributed by atoms with E-state index in [2.05, 4.69) is 6.92 Å². The van der Waals surface area contributed by atoms with E-state index < -0.39 is 0 Å². The van der Waals surface area contributed by atoms with E-state index in [1.807, 2.05) is 0 Å². The Labute approximate surface area is 89.6 Å². The molecule has 2 aliphatic rings. The van der Waals surface area contributed by atoms with Crippen molar-refractivity contribution in [1.82, 2.24) is 4.90 Å². The monoisotopic (exact) mass is 211 g/mol. The fourth-order valence-electron chi connectivity index (χ4n) is 2.35. The van der Waals surface area contributed by atoms with Crippen LogP contribution in [0.15, 0.2) is 0 Å². The second-order valence-electron chi connectivity index (χ2n) is 4.38.